The number of pyridine rings is 1. The number of nitrogens with two attached hydrogens (primary N) is 1. The molecule has 0 saturated carbocycles. The third kappa shape index (κ3) is 12.7. The highest BCUT2D eigenvalue weighted by atomic mass is 32.1. The number of fused-ring (bicyclic) bond motifs is 14. The van der Waals surface area contributed by atoms with Gasteiger partial charge in [-0.05, 0) is 30.9 Å². The van der Waals surface area contributed by atoms with Gasteiger partial charge in [0.2, 0.25) is 17.7 Å². The Balaban J connectivity index is 0.983. The Hall–Kier alpha value is -8.21. The van der Waals surface area contributed by atoms with Gasteiger partial charge in [0, 0.05) is 53.3 Å². The monoisotopic (exact) mass is 1290 g/mol. The molecule has 1 saturated heterocycles. The van der Waals surface area contributed by atoms with Crippen LogP contribution in [0.25, 0.3) is 43.4 Å². The van der Waals surface area contributed by atoms with Crippen molar-refractivity contribution in [2.24, 2.45) is 16.6 Å². The van der Waals surface area contributed by atoms with Gasteiger partial charge >= 0.3 is 0 Å². The van der Waals surface area contributed by atoms with Gasteiger partial charge in [0.1, 0.15) is 77.5 Å². The Bertz CT molecular complexity index is 3990. The molecular weight excluding hydrogens is 1240 g/mol. The number of amides is 7. The van der Waals surface area contributed by atoms with Crippen LogP contribution in [0.15, 0.2) is 69.0 Å². The molecule has 32 heteroatoms. The Labute approximate surface area is 519 Å². The summed E-state index contributed by atoms with van der Waals surface area (Å²) >= 11 is 6.75. The fourth-order valence-corrected chi connectivity index (χ4v) is 15.2. The Morgan fingerprint density at radius 2 is 1.47 bits per heavy atom. The number of thiazole rings is 6. The van der Waals surface area contributed by atoms with Crippen LogP contribution in [-0.2, 0) is 41.9 Å². The topological polar surface area (TPSA) is 362 Å². The number of anilines is 1. The van der Waals surface area contributed by atoms with Gasteiger partial charge in [0.15, 0.2) is 17.4 Å². The summed E-state index contributed by atoms with van der Waals surface area (Å²) in [6.07, 6.45) is -0.796. The molecule has 1 aromatic carbocycles. The molecule has 0 aliphatic carbocycles. The van der Waals surface area contributed by atoms with Gasteiger partial charge in [-0.15, -0.1) is 68.0 Å². The standard InChI is InChI=1S/C55H53N15O11S6/c1-24(2)39-52-68-42(36(87-52)19-80-4)46(77)60-28(15-37(72)57-3)50-67-41(35(17-71)86-50)45(76)58-16-38(73)70(53(78)25-9-6-5-7-10-25)55-65-31(21-85-55)30-20-84-51(62-30)40-26(48-63-32(22-82-48)44(75)66-39)12-13-27(59-40)49-64-33(23-83-49)47-61-29(18-81-47)54(79)69-14-8-11-34(69)43(56)74/h5-7,9-10,12-13,20-24,28-29,34,39,53,71,78H,8,11,14-19H2,1-4H3,(H2,56,74)(H,57,72)(H,58,76)(H,60,77)(H,66,75). The van der Waals surface area contributed by atoms with E-state index in [0.29, 0.717) is 83.9 Å². The van der Waals surface area contributed by atoms with E-state index in [-0.39, 0.29) is 69.5 Å². The molecule has 87 heavy (non-hydrogen) atoms. The summed E-state index contributed by atoms with van der Waals surface area (Å²) in [5.41, 5.74) is 8.06. The van der Waals surface area contributed by atoms with Crippen molar-refractivity contribution in [2.45, 2.75) is 76.7 Å². The van der Waals surface area contributed by atoms with E-state index < -0.39 is 79.0 Å². The van der Waals surface area contributed by atoms with Crippen LogP contribution in [0.3, 0.4) is 0 Å². The van der Waals surface area contributed by atoms with Crippen LogP contribution < -0.4 is 31.9 Å². The number of aliphatic hydroxyl groups excluding tert-OH is 2. The number of carbonyl (C=O) groups is 7. The average molecular weight is 1290 g/mol. The maximum atomic E-state index is 14.5. The molecule has 8 aromatic rings. The van der Waals surface area contributed by atoms with E-state index >= 15 is 0 Å². The van der Waals surface area contributed by atoms with Crippen molar-refractivity contribution in [1.29, 1.82) is 0 Å². The number of nitrogens with zero attached hydrogens (tertiary/aromatic N) is 10. The van der Waals surface area contributed by atoms with Gasteiger partial charge in [0.05, 0.1) is 53.7 Å². The summed E-state index contributed by atoms with van der Waals surface area (Å²) in [4.78, 5) is 137. The molecule has 0 spiro atoms. The van der Waals surface area contributed by atoms with Gasteiger partial charge in [0.25, 0.3) is 29.5 Å². The molecule has 0 radical (unpaired) electrons. The lowest BCUT2D eigenvalue weighted by atomic mass is 10.0. The normalized spacial score (nSPS) is 18.7. The number of carbonyl (C=O) groups excluding carboxylic acids is 7. The number of rotatable bonds is 12. The Morgan fingerprint density at radius 3 is 2.23 bits per heavy atom. The molecule has 5 atom stereocenters. The fourth-order valence-electron chi connectivity index (χ4n) is 9.66. The van der Waals surface area contributed by atoms with Gasteiger partial charge in [-0.2, -0.15) is 0 Å². The zero-order chi connectivity index (χ0) is 61.2. The molecule has 8 N–H and O–H groups in total. The number of ether oxygens (including phenoxy) is 2. The van der Waals surface area contributed by atoms with E-state index in [0.717, 1.165) is 38.9 Å². The van der Waals surface area contributed by atoms with E-state index in [4.69, 9.17) is 45.1 Å². The maximum absolute atomic E-state index is 14.5. The largest absolute Gasteiger partial charge is 0.473 e. The Kier molecular flexibility index (Phi) is 18.1. The van der Waals surface area contributed by atoms with E-state index in [1.807, 2.05) is 13.8 Å². The van der Waals surface area contributed by atoms with Gasteiger partial charge in [-0.1, -0.05) is 44.2 Å². The van der Waals surface area contributed by atoms with E-state index in [2.05, 4.69) is 31.2 Å². The number of methoxy groups -OCH3 is 1. The van der Waals surface area contributed by atoms with Crippen LogP contribution in [0.1, 0.15) is 114 Å². The summed E-state index contributed by atoms with van der Waals surface area (Å²) in [7, 11) is 2.87. The number of benzene rings is 1. The quantitative estimate of drug-likeness (QED) is 0.0821. The summed E-state index contributed by atoms with van der Waals surface area (Å²) in [6.45, 7) is 2.73. The first-order valence-electron chi connectivity index (χ1n) is 26.9. The second kappa shape index (κ2) is 26.0. The first-order valence-corrected chi connectivity index (χ1v) is 32.1. The zero-order valence-electron chi connectivity index (χ0n) is 46.5. The molecule has 10 bridgehead atoms. The van der Waals surface area contributed by atoms with Gasteiger partial charge in [-0.3, -0.25) is 38.5 Å². The summed E-state index contributed by atoms with van der Waals surface area (Å²) < 4.78 is 11.4. The zero-order valence-corrected chi connectivity index (χ0v) is 51.4. The SMILES string of the molecule is CNC(=O)CC1NC(=O)c2nc(sc2COC)C(C(C)C)NC(=O)c2csc(n2)-c2ccc(-c3nc(C4=NC(C(=O)N5CCCC5C(N)=O)CO4)cs3)nc2-c2nc(cs2)-c2csc(n2)N(C(O)c2ccccc2)C(=O)CNC(=O)c2nc1sc2CO. The molecule has 7 aromatic heterocycles. The molecule has 7 amide bonds. The molecule has 450 valence electrons. The Morgan fingerprint density at radius 1 is 0.782 bits per heavy atom. The summed E-state index contributed by atoms with van der Waals surface area (Å²) in [6, 6.07) is 8.45. The molecular formula is C55H53N15O11S6. The lowest BCUT2D eigenvalue weighted by molar-refractivity contribution is -0.138. The lowest BCUT2D eigenvalue weighted by Crippen LogP contribution is -2.47. The van der Waals surface area contributed by atoms with Crippen molar-refractivity contribution in [2.75, 3.05) is 38.8 Å². The van der Waals surface area contributed by atoms with Crippen LogP contribution in [0.2, 0.25) is 0 Å². The van der Waals surface area contributed by atoms with Crippen LogP contribution in [-0.4, -0.2) is 143 Å². The molecule has 26 nitrogen and oxygen atoms in total. The van der Waals surface area contributed by atoms with E-state index in [1.54, 1.807) is 64.0 Å². The minimum Gasteiger partial charge on any atom is -0.473 e. The molecule has 1 fully saturated rings. The van der Waals surface area contributed by atoms with Crippen molar-refractivity contribution in [1.82, 2.24) is 61.1 Å². The van der Waals surface area contributed by atoms with Crippen molar-refractivity contribution in [3.63, 3.8) is 0 Å². The predicted octanol–water partition coefficient (Wildman–Crippen LogP) is 5.25. The van der Waals surface area contributed by atoms with Crippen LogP contribution in [0.4, 0.5) is 5.13 Å². The highest BCUT2D eigenvalue weighted by Crippen LogP contribution is 2.40. The second-order valence-corrected chi connectivity index (χ2v) is 25.8. The number of aromatic nitrogens is 7. The fraction of sp³-hybridized carbons (Fsp3) is 0.327. The van der Waals surface area contributed by atoms with Crippen molar-refractivity contribution in [3.05, 3.63) is 112 Å². The van der Waals surface area contributed by atoms with Gasteiger partial charge in [-0.25, -0.2) is 39.9 Å². The van der Waals surface area contributed by atoms with E-state index in [9.17, 15) is 43.8 Å². The number of aliphatic imine (C=N–C) groups is 1. The molecule has 3 aliphatic rings. The molecule has 5 unspecified atom stereocenters. The number of hydrogen-bond acceptors (Lipinski definition) is 25. The minimum absolute atomic E-state index is 0.0386. The summed E-state index contributed by atoms with van der Waals surface area (Å²) in [5, 5.41) is 42.0. The first kappa shape index (κ1) is 60.5. The third-order valence-corrected chi connectivity index (χ3v) is 19.7. The smallest absolute Gasteiger partial charge is 0.271 e. The molecule has 10 heterocycles. The number of primary amides is 1. The van der Waals surface area contributed by atoms with Crippen molar-refractivity contribution >= 4 is 120 Å². The van der Waals surface area contributed by atoms with Crippen molar-refractivity contribution in [3.8, 4) is 43.4 Å². The first-order chi connectivity index (χ1) is 42.0. The third-order valence-electron chi connectivity index (χ3n) is 14.1. The highest BCUT2D eigenvalue weighted by molar-refractivity contribution is 7.15. The van der Waals surface area contributed by atoms with Crippen LogP contribution in [0, 0.1) is 5.92 Å². The number of nitrogens with one attached hydrogen (secondary N) is 4. The van der Waals surface area contributed by atoms with Crippen molar-refractivity contribution < 1.29 is 53.2 Å². The van der Waals surface area contributed by atoms with Crippen LogP contribution in [0.5, 0.6) is 0 Å². The predicted molar refractivity (Wildman–Crippen MR) is 325 cm³/mol. The molecule has 11 rings (SSSR count). The minimum atomic E-state index is -1.59. The van der Waals surface area contributed by atoms with Crippen LogP contribution >= 0.6 is 68.0 Å². The van der Waals surface area contributed by atoms with Gasteiger partial charge < -0.3 is 51.6 Å². The molecule has 3 aliphatic heterocycles. The number of hydrogen-bond donors (Lipinski definition) is 7. The van der Waals surface area contributed by atoms with E-state index in [1.165, 1.54) is 53.1 Å². The highest BCUT2D eigenvalue weighted by Gasteiger charge is 2.39. The lowest BCUT2D eigenvalue weighted by Gasteiger charge is -2.26. The summed E-state index contributed by atoms with van der Waals surface area (Å²) in [5.74, 6) is -4.43. The average Bonchev–Trinajstić information content (AvgIpc) is 2.77. The number of aliphatic hydroxyl groups is 2. The number of likely N-dealkylation sites (tertiary alicyclic amines) is 1. The second-order valence-electron chi connectivity index (χ2n) is 20.1. The maximum Gasteiger partial charge on any atom is 0.271 e.